The predicted molar refractivity (Wildman–Crippen MR) is 174 cm³/mol. The molecule has 14 heteroatoms. The molecule has 1 aromatic heterocycles. The quantitative estimate of drug-likeness (QED) is 0.245. The van der Waals surface area contributed by atoms with Gasteiger partial charge in [-0.15, -0.1) is 6.58 Å². The van der Waals surface area contributed by atoms with Gasteiger partial charge >= 0.3 is 6.09 Å². The van der Waals surface area contributed by atoms with E-state index in [1.807, 2.05) is 0 Å². The summed E-state index contributed by atoms with van der Waals surface area (Å²) in [6.07, 6.45) is 3.26. The van der Waals surface area contributed by atoms with Crippen molar-refractivity contribution < 1.29 is 37.1 Å². The van der Waals surface area contributed by atoms with Crippen LogP contribution in [0.3, 0.4) is 0 Å². The Balaban J connectivity index is 1.62. The van der Waals surface area contributed by atoms with Crippen LogP contribution in [0.25, 0.3) is 0 Å². The zero-order chi connectivity index (χ0) is 34.8. The Bertz CT molecular complexity index is 1610. The minimum absolute atomic E-state index is 0.122. The highest BCUT2D eigenvalue weighted by molar-refractivity contribution is 7.91. The molecule has 13 nitrogen and oxygen atoms in total. The van der Waals surface area contributed by atoms with Gasteiger partial charge in [0.05, 0.1) is 5.25 Å². The van der Waals surface area contributed by atoms with E-state index in [2.05, 4.69) is 32.2 Å². The average Bonchev–Trinajstić information content (AvgIpc) is 3.89. The number of amides is 4. The van der Waals surface area contributed by atoms with Gasteiger partial charge in [0.25, 0.3) is 5.91 Å². The number of carbonyl (C=O) groups is 4. The third kappa shape index (κ3) is 9.09. The van der Waals surface area contributed by atoms with Crippen LogP contribution in [-0.2, 0) is 29.1 Å². The molecule has 4 amide bonds. The predicted octanol–water partition coefficient (Wildman–Crippen LogP) is 3.64. The molecule has 1 aromatic carbocycles. The summed E-state index contributed by atoms with van der Waals surface area (Å²) < 4.78 is 38.4. The first kappa shape index (κ1) is 35.4. The SMILES string of the molecule is C=C[C@@H]1C[C@]1(NC(=O)[C@@H](NC(=O)[C@@H](NC(=O)OC(C)(C)C)C(C)(C)C)c1ccc(Oc2ccccn2)cc1)C(=O)NS(=O)(=O)C1CC1. The number of hydrogen-bond acceptors (Lipinski definition) is 9. The summed E-state index contributed by atoms with van der Waals surface area (Å²) in [5.41, 5.74) is -2.89. The standard InChI is InChI=1S/C33H43N5O8S/c1-8-21-19-33(21,29(41)38-47(43,44)23-16-17-23)37-27(39)25(20-12-14-22(15-13-20)45-24-11-9-10-18-34-24)35-28(40)26(31(2,3)4)36-30(42)46-32(5,6)7/h8-15,18,21,23,25-26H,1,16-17,19H2,2-7H3,(H,35,40)(H,36,42)(H,37,39)(H,38,41)/t21-,25+,26-,33-/m1/s1. The highest BCUT2D eigenvalue weighted by atomic mass is 32.2. The number of ether oxygens (including phenoxy) is 2. The summed E-state index contributed by atoms with van der Waals surface area (Å²) in [5, 5.41) is 7.39. The van der Waals surface area contributed by atoms with Crippen LogP contribution in [0, 0.1) is 11.3 Å². The summed E-state index contributed by atoms with van der Waals surface area (Å²) in [7, 11) is -3.90. The number of aromatic nitrogens is 1. The minimum Gasteiger partial charge on any atom is -0.444 e. The zero-order valence-electron chi connectivity index (χ0n) is 27.5. The maximum atomic E-state index is 14.0. The maximum Gasteiger partial charge on any atom is 0.408 e. The number of nitrogens with one attached hydrogen (secondary N) is 4. The van der Waals surface area contributed by atoms with Crippen molar-refractivity contribution in [1.82, 2.24) is 25.7 Å². The van der Waals surface area contributed by atoms with Crippen molar-refractivity contribution >= 4 is 33.8 Å². The van der Waals surface area contributed by atoms with Gasteiger partial charge in [-0.1, -0.05) is 45.0 Å². The minimum atomic E-state index is -3.90. The smallest absolute Gasteiger partial charge is 0.408 e. The fourth-order valence-electron chi connectivity index (χ4n) is 4.89. The topological polar surface area (TPSA) is 182 Å². The molecule has 0 saturated heterocycles. The van der Waals surface area contributed by atoms with Gasteiger partial charge in [-0.2, -0.15) is 0 Å². The highest BCUT2D eigenvalue weighted by Crippen LogP contribution is 2.45. The van der Waals surface area contributed by atoms with Crippen molar-refractivity contribution in [3.05, 3.63) is 66.9 Å². The molecule has 2 aromatic rings. The van der Waals surface area contributed by atoms with Crippen LogP contribution in [0.15, 0.2) is 61.3 Å². The van der Waals surface area contributed by atoms with E-state index < -0.39 is 73.6 Å². The molecule has 4 rings (SSSR count). The first-order chi connectivity index (χ1) is 21.8. The second-order valence-electron chi connectivity index (χ2n) is 13.9. The average molecular weight is 670 g/mol. The van der Waals surface area contributed by atoms with E-state index in [9.17, 15) is 27.6 Å². The number of benzene rings is 1. The van der Waals surface area contributed by atoms with E-state index in [0.29, 0.717) is 30.0 Å². The molecule has 0 spiro atoms. The van der Waals surface area contributed by atoms with Gasteiger partial charge < -0.3 is 25.4 Å². The van der Waals surface area contributed by atoms with Crippen molar-refractivity contribution in [2.45, 2.75) is 89.3 Å². The first-order valence-corrected chi connectivity index (χ1v) is 16.9. The van der Waals surface area contributed by atoms with Crippen LogP contribution >= 0.6 is 0 Å². The Morgan fingerprint density at radius 2 is 1.64 bits per heavy atom. The number of nitrogens with zero attached hydrogens (tertiary/aromatic N) is 1. The largest absolute Gasteiger partial charge is 0.444 e. The van der Waals surface area contributed by atoms with Gasteiger partial charge in [-0.05, 0) is 69.2 Å². The summed E-state index contributed by atoms with van der Waals surface area (Å²) in [6, 6.07) is 8.99. The summed E-state index contributed by atoms with van der Waals surface area (Å²) in [4.78, 5) is 58.0. The second-order valence-corrected chi connectivity index (χ2v) is 15.9. The fraction of sp³-hybridized carbons (Fsp3) is 0.485. The number of hydrogen-bond donors (Lipinski definition) is 4. The van der Waals surface area contributed by atoms with E-state index >= 15 is 0 Å². The van der Waals surface area contributed by atoms with Crippen molar-refractivity contribution in [2.75, 3.05) is 0 Å². The van der Waals surface area contributed by atoms with Crippen LogP contribution in [-0.4, -0.2) is 59.6 Å². The summed E-state index contributed by atoms with van der Waals surface area (Å²) >= 11 is 0. The van der Waals surface area contributed by atoms with E-state index in [1.165, 1.54) is 6.08 Å². The highest BCUT2D eigenvalue weighted by Gasteiger charge is 2.61. The van der Waals surface area contributed by atoms with Gasteiger partial charge in [0.2, 0.25) is 27.7 Å². The maximum absolute atomic E-state index is 14.0. The molecule has 2 aliphatic rings. The molecule has 4 N–H and O–H groups in total. The lowest BCUT2D eigenvalue weighted by Crippen LogP contribution is -2.58. The third-order valence-corrected chi connectivity index (χ3v) is 9.48. The van der Waals surface area contributed by atoms with Crippen LogP contribution in [0.1, 0.15) is 72.4 Å². The molecular formula is C33H43N5O8S. The van der Waals surface area contributed by atoms with Crippen molar-refractivity contribution in [2.24, 2.45) is 11.3 Å². The molecule has 0 aliphatic heterocycles. The fourth-order valence-corrected chi connectivity index (χ4v) is 6.26. The molecule has 2 saturated carbocycles. The molecule has 1 heterocycles. The lowest BCUT2D eigenvalue weighted by atomic mass is 9.86. The van der Waals surface area contributed by atoms with Crippen LogP contribution in [0.2, 0.25) is 0 Å². The van der Waals surface area contributed by atoms with Gasteiger partial charge in [0, 0.05) is 18.2 Å². The van der Waals surface area contributed by atoms with E-state index in [1.54, 1.807) is 90.2 Å². The van der Waals surface area contributed by atoms with E-state index in [0.717, 1.165) is 0 Å². The zero-order valence-corrected chi connectivity index (χ0v) is 28.3. The summed E-state index contributed by atoms with van der Waals surface area (Å²) in [5.74, 6) is -2.11. The Morgan fingerprint density at radius 1 is 0.979 bits per heavy atom. The van der Waals surface area contributed by atoms with Gasteiger partial charge in [-0.3, -0.25) is 19.1 Å². The lowest BCUT2D eigenvalue weighted by Gasteiger charge is -2.33. The Morgan fingerprint density at radius 3 is 2.15 bits per heavy atom. The van der Waals surface area contributed by atoms with Crippen LogP contribution in [0.5, 0.6) is 11.6 Å². The Labute approximate surface area is 275 Å². The molecule has 47 heavy (non-hydrogen) atoms. The number of rotatable bonds is 12. The van der Waals surface area contributed by atoms with Crippen molar-refractivity contribution in [3.8, 4) is 11.6 Å². The monoisotopic (exact) mass is 669 g/mol. The number of alkyl carbamates (subject to hydrolysis) is 1. The molecule has 0 bridgehead atoms. The van der Waals surface area contributed by atoms with Crippen molar-refractivity contribution in [3.63, 3.8) is 0 Å². The number of pyridine rings is 1. The van der Waals surface area contributed by atoms with Gasteiger partial charge in [0.15, 0.2) is 0 Å². The van der Waals surface area contributed by atoms with Gasteiger partial charge in [0.1, 0.15) is 29.0 Å². The molecule has 2 fully saturated rings. The normalized spacial score (nSPS) is 20.5. The van der Waals surface area contributed by atoms with Gasteiger partial charge in [-0.25, -0.2) is 18.2 Å². The van der Waals surface area contributed by atoms with Crippen LogP contribution in [0.4, 0.5) is 4.79 Å². The number of sulfonamides is 1. The Kier molecular flexibility index (Phi) is 10.0. The summed E-state index contributed by atoms with van der Waals surface area (Å²) in [6.45, 7) is 14.0. The van der Waals surface area contributed by atoms with Crippen molar-refractivity contribution in [1.29, 1.82) is 0 Å². The molecule has 254 valence electrons. The van der Waals surface area contributed by atoms with E-state index in [4.69, 9.17) is 9.47 Å². The van der Waals surface area contributed by atoms with Crippen LogP contribution < -0.4 is 25.4 Å². The number of carbonyl (C=O) groups excluding carboxylic acids is 4. The molecular weight excluding hydrogens is 626 g/mol. The molecule has 2 aliphatic carbocycles. The first-order valence-electron chi connectivity index (χ1n) is 15.3. The lowest BCUT2D eigenvalue weighted by molar-refractivity contribution is -0.134. The third-order valence-electron chi connectivity index (χ3n) is 7.66. The molecule has 4 atom stereocenters. The second kappa shape index (κ2) is 13.3. The van der Waals surface area contributed by atoms with E-state index in [-0.39, 0.29) is 6.42 Å². The molecule has 0 unspecified atom stereocenters. The molecule has 0 radical (unpaired) electrons. The Hall–Kier alpha value is -4.46.